The van der Waals surface area contributed by atoms with Gasteiger partial charge < -0.3 is 4.74 Å². The van der Waals surface area contributed by atoms with Crippen LogP contribution in [-0.4, -0.2) is 29.9 Å². The summed E-state index contributed by atoms with van der Waals surface area (Å²) in [5.41, 5.74) is 0.952. The summed E-state index contributed by atoms with van der Waals surface area (Å²) in [5.74, 6) is 0.412. The molecule has 2 aromatic heterocycles. The monoisotopic (exact) mass is 398 g/mol. The fraction of sp³-hybridized carbons (Fsp3) is 0.0556. The number of anilines is 2. The van der Waals surface area contributed by atoms with Crippen LogP contribution in [0.4, 0.5) is 10.8 Å². The van der Waals surface area contributed by atoms with Gasteiger partial charge >= 0.3 is 0 Å². The lowest BCUT2D eigenvalue weighted by Gasteiger charge is -2.23. The van der Waals surface area contributed by atoms with Crippen LogP contribution in [0.25, 0.3) is 10.9 Å². The van der Waals surface area contributed by atoms with E-state index in [-0.39, 0.29) is 10.0 Å². The van der Waals surface area contributed by atoms with E-state index in [1.807, 2.05) is 6.07 Å². The first-order valence-electron chi connectivity index (χ1n) is 7.91. The second-order valence-electron chi connectivity index (χ2n) is 5.52. The molecule has 0 atom stereocenters. The molecule has 0 radical (unpaired) electrons. The first-order chi connectivity index (χ1) is 13.1. The largest absolute Gasteiger partial charge is 0.495 e. The van der Waals surface area contributed by atoms with Crippen molar-refractivity contribution in [2.75, 3.05) is 11.4 Å². The normalized spacial score (nSPS) is 11.4. The number of nitrogens with zero attached hydrogens (tertiary/aromatic N) is 4. The van der Waals surface area contributed by atoms with Crippen molar-refractivity contribution in [3.63, 3.8) is 0 Å². The van der Waals surface area contributed by atoms with Crippen molar-refractivity contribution in [1.29, 1.82) is 0 Å². The Balaban J connectivity index is 1.93. The number of methoxy groups -OCH3 is 1. The van der Waals surface area contributed by atoms with Crippen LogP contribution in [0.3, 0.4) is 0 Å². The quantitative estimate of drug-likeness (QED) is 0.510. The van der Waals surface area contributed by atoms with Gasteiger partial charge in [0.05, 0.1) is 17.5 Å². The molecule has 27 heavy (non-hydrogen) atoms. The highest BCUT2D eigenvalue weighted by molar-refractivity contribution is 7.93. The van der Waals surface area contributed by atoms with Crippen LogP contribution in [0.15, 0.2) is 72.0 Å². The van der Waals surface area contributed by atoms with Crippen LogP contribution in [0.2, 0.25) is 0 Å². The molecule has 0 aliphatic carbocycles. The molecule has 7 nitrogen and oxygen atoms in total. The maximum Gasteiger partial charge on any atom is 0.270 e. The van der Waals surface area contributed by atoms with Crippen molar-refractivity contribution in [1.82, 2.24) is 14.3 Å². The van der Waals surface area contributed by atoms with Gasteiger partial charge in [0.15, 0.2) is 0 Å². The SMILES string of the molecule is COc1ccccc1N(c1ncns1)S(=O)(=O)c1ccc2cccnc2c1. The van der Waals surface area contributed by atoms with Crippen molar-refractivity contribution in [3.05, 3.63) is 67.1 Å². The lowest BCUT2D eigenvalue weighted by Crippen LogP contribution is -2.26. The third-order valence-electron chi connectivity index (χ3n) is 3.94. The average Bonchev–Trinajstić information content (AvgIpc) is 3.22. The van der Waals surface area contributed by atoms with Gasteiger partial charge in [-0.15, -0.1) is 0 Å². The zero-order valence-electron chi connectivity index (χ0n) is 14.2. The summed E-state index contributed by atoms with van der Waals surface area (Å²) in [6.07, 6.45) is 2.95. The third-order valence-corrected chi connectivity index (χ3v) is 6.41. The molecule has 0 unspecified atom stereocenters. The molecule has 0 saturated heterocycles. The van der Waals surface area contributed by atoms with E-state index in [1.54, 1.807) is 54.7 Å². The van der Waals surface area contributed by atoms with Gasteiger partial charge in [0.2, 0.25) is 5.13 Å². The second-order valence-corrected chi connectivity index (χ2v) is 8.07. The van der Waals surface area contributed by atoms with E-state index < -0.39 is 10.0 Å². The van der Waals surface area contributed by atoms with Crippen LogP contribution in [0.1, 0.15) is 0 Å². The lowest BCUT2D eigenvalue weighted by atomic mass is 10.2. The minimum Gasteiger partial charge on any atom is -0.495 e. The molecule has 0 fully saturated rings. The minimum atomic E-state index is -3.98. The van der Waals surface area contributed by atoms with Crippen LogP contribution < -0.4 is 9.04 Å². The molecule has 9 heteroatoms. The van der Waals surface area contributed by atoms with E-state index in [0.29, 0.717) is 17.0 Å². The first kappa shape index (κ1) is 17.4. The molecule has 4 aromatic rings. The number of aromatic nitrogens is 3. The maximum absolute atomic E-state index is 13.5. The number of hydrogen-bond acceptors (Lipinski definition) is 7. The lowest BCUT2D eigenvalue weighted by molar-refractivity contribution is 0.416. The third kappa shape index (κ3) is 3.11. The van der Waals surface area contributed by atoms with Gasteiger partial charge in [-0.1, -0.05) is 24.3 Å². The van der Waals surface area contributed by atoms with Crippen molar-refractivity contribution < 1.29 is 13.2 Å². The van der Waals surface area contributed by atoms with E-state index in [9.17, 15) is 8.42 Å². The van der Waals surface area contributed by atoms with Crippen LogP contribution >= 0.6 is 11.5 Å². The Morgan fingerprint density at radius 3 is 2.67 bits per heavy atom. The highest BCUT2D eigenvalue weighted by Crippen LogP contribution is 2.38. The number of para-hydroxylation sites is 2. The van der Waals surface area contributed by atoms with Gasteiger partial charge in [0, 0.05) is 23.1 Å². The fourth-order valence-electron chi connectivity index (χ4n) is 2.70. The molecule has 0 spiro atoms. The minimum absolute atomic E-state index is 0.106. The van der Waals surface area contributed by atoms with E-state index >= 15 is 0 Å². The predicted molar refractivity (Wildman–Crippen MR) is 104 cm³/mol. The van der Waals surface area contributed by atoms with Crippen molar-refractivity contribution in [2.45, 2.75) is 4.90 Å². The number of benzene rings is 2. The summed E-state index contributed by atoms with van der Waals surface area (Å²) in [7, 11) is -2.49. The van der Waals surface area contributed by atoms with Crippen LogP contribution in [-0.2, 0) is 10.0 Å². The first-order valence-corrected chi connectivity index (χ1v) is 10.1. The van der Waals surface area contributed by atoms with Gasteiger partial charge in [-0.25, -0.2) is 17.7 Å². The molecule has 0 bridgehead atoms. The molecular weight excluding hydrogens is 384 g/mol. The van der Waals surface area contributed by atoms with E-state index in [0.717, 1.165) is 21.2 Å². The van der Waals surface area contributed by atoms with Gasteiger partial charge in [0.25, 0.3) is 10.0 Å². The Bertz CT molecular complexity index is 1190. The number of sulfonamides is 1. The Labute approximate surface area is 160 Å². The molecule has 4 rings (SSSR count). The highest BCUT2D eigenvalue weighted by atomic mass is 32.2. The van der Waals surface area contributed by atoms with E-state index in [1.165, 1.54) is 13.4 Å². The summed E-state index contributed by atoms with van der Waals surface area (Å²) in [4.78, 5) is 8.46. The smallest absolute Gasteiger partial charge is 0.270 e. The number of rotatable bonds is 5. The summed E-state index contributed by atoms with van der Waals surface area (Å²) in [6, 6.07) is 15.4. The Hall–Kier alpha value is -3.04. The Kier molecular flexibility index (Phi) is 4.46. The Morgan fingerprint density at radius 2 is 1.89 bits per heavy atom. The Morgan fingerprint density at radius 1 is 1.04 bits per heavy atom. The molecule has 2 heterocycles. The maximum atomic E-state index is 13.5. The van der Waals surface area contributed by atoms with Gasteiger partial charge in [-0.05, 0) is 30.3 Å². The molecular formula is C18H14N4O3S2. The van der Waals surface area contributed by atoms with Crippen LogP contribution in [0, 0.1) is 0 Å². The van der Waals surface area contributed by atoms with Gasteiger partial charge in [0.1, 0.15) is 17.8 Å². The summed E-state index contributed by atoms with van der Waals surface area (Å²) in [6.45, 7) is 0. The van der Waals surface area contributed by atoms with Crippen LogP contribution in [0.5, 0.6) is 5.75 Å². The van der Waals surface area contributed by atoms with Crippen molar-refractivity contribution in [2.24, 2.45) is 0 Å². The molecule has 0 aliphatic heterocycles. The summed E-state index contributed by atoms with van der Waals surface area (Å²) < 4.78 is 37.5. The van der Waals surface area contributed by atoms with Crippen molar-refractivity contribution >= 4 is 43.3 Å². The molecule has 136 valence electrons. The molecule has 0 amide bonds. The molecule has 0 N–H and O–H groups in total. The van der Waals surface area contributed by atoms with Crippen molar-refractivity contribution in [3.8, 4) is 5.75 Å². The predicted octanol–water partition coefficient (Wildman–Crippen LogP) is 3.62. The fourth-order valence-corrected chi connectivity index (χ4v) is 4.93. The zero-order valence-corrected chi connectivity index (χ0v) is 15.8. The zero-order chi connectivity index (χ0) is 18.9. The number of pyridine rings is 1. The number of ether oxygens (including phenoxy) is 1. The van der Waals surface area contributed by atoms with E-state index in [4.69, 9.17) is 4.74 Å². The van der Waals surface area contributed by atoms with E-state index in [2.05, 4.69) is 14.3 Å². The highest BCUT2D eigenvalue weighted by Gasteiger charge is 2.31. The average molecular weight is 398 g/mol. The van der Waals surface area contributed by atoms with Gasteiger partial charge in [-0.2, -0.15) is 4.37 Å². The topological polar surface area (TPSA) is 85.3 Å². The molecule has 0 saturated carbocycles. The van der Waals surface area contributed by atoms with Gasteiger partial charge in [-0.3, -0.25) is 4.98 Å². The summed E-state index contributed by atoms with van der Waals surface area (Å²) >= 11 is 0.985. The summed E-state index contributed by atoms with van der Waals surface area (Å²) in [5, 5.41) is 1.08. The molecule has 2 aromatic carbocycles. The second kappa shape index (κ2) is 6.93. The standard InChI is InChI=1S/C18H14N4O3S2/c1-25-17-7-3-2-6-16(17)22(18-20-12-21-26-18)27(23,24)14-9-8-13-5-4-10-19-15(13)11-14/h2-12H,1H3. The number of fused-ring (bicyclic) bond motifs is 1. The molecule has 0 aliphatic rings. The number of hydrogen-bond donors (Lipinski definition) is 0.